The molecule has 0 aromatic heterocycles. The largest absolute Gasteiger partial charge is 0.497 e. The van der Waals surface area contributed by atoms with Crippen molar-refractivity contribution in [2.45, 2.75) is 43.8 Å². The van der Waals surface area contributed by atoms with Crippen LogP contribution in [0, 0.1) is 5.92 Å². The first-order chi connectivity index (χ1) is 11.9. The van der Waals surface area contributed by atoms with Crippen LogP contribution in [0.15, 0.2) is 24.3 Å². The molecule has 3 nitrogen and oxygen atoms in total. The maximum atomic E-state index is 12.2. The third kappa shape index (κ3) is 5.11. The summed E-state index contributed by atoms with van der Waals surface area (Å²) in [5.74, 6) is 1.24. The average Bonchev–Trinajstić information content (AvgIpc) is 3.35. The normalized spacial score (nSPS) is 21.3. The zero-order valence-electron chi connectivity index (χ0n) is 14.7. The summed E-state index contributed by atoms with van der Waals surface area (Å²) in [6.07, 6.45) is 1.29. The highest BCUT2D eigenvalue weighted by molar-refractivity contribution is 5.31. The number of likely N-dealkylation sites (tertiary alicyclic amines) is 1. The van der Waals surface area contributed by atoms with Crippen molar-refractivity contribution in [1.82, 2.24) is 10.2 Å². The van der Waals surface area contributed by atoms with Gasteiger partial charge in [0.2, 0.25) is 0 Å². The lowest BCUT2D eigenvalue weighted by atomic mass is 9.93. The van der Waals surface area contributed by atoms with Crippen LogP contribution in [0.25, 0.3) is 0 Å². The van der Waals surface area contributed by atoms with Crippen molar-refractivity contribution in [2.75, 3.05) is 33.3 Å². The predicted molar refractivity (Wildman–Crippen MR) is 91.9 cm³/mol. The van der Waals surface area contributed by atoms with E-state index in [9.17, 15) is 13.2 Å². The molecule has 0 unspecified atom stereocenters. The first kappa shape index (κ1) is 18.5. The highest BCUT2D eigenvalue weighted by Gasteiger charge is 2.48. The second-order valence-electron chi connectivity index (χ2n) is 7.43. The van der Waals surface area contributed by atoms with Gasteiger partial charge in [0.25, 0.3) is 0 Å². The fourth-order valence-corrected chi connectivity index (χ4v) is 3.94. The Balaban J connectivity index is 1.47. The lowest BCUT2D eigenvalue weighted by Crippen LogP contribution is -2.46. The Morgan fingerprint density at radius 2 is 1.96 bits per heavy atom. The van der Waals surface area contributed by atoms with E-state index >= 15 is 0 Å². The quantitative estimate of drug-likeness (QED) is 0.807. The first-order valence-corrected chi connectivity index (χ1v) is 9.06. The molecule has 1 aromatic rings. The van der Waals surface area contributed by atoms with Gasteiger partial charge in [-0.1, -0.05) is 12.1 Å². The molecule has 0 atom stereocenters. The topological polar surface area (TPSA) is 24.5 Å². The van der Waals surface area contributed by atoms with Gasteiger partial charge in [0.1, 0.15) is 5.75 Å². The van der Waals surface area contributed by atoms with Crippen molar-refractivity contribution in [3.05, 3.63) is 29.8 Å². The molecule has 1 heterocycles. The third-order valence-corrected chi connectivity index (χ3v) is 5.54. The first-order valence-electron chi connectivity index (χ1n) is 9.06. The van der Waals surface area contributed by atoms with Crippen molar-refractivity contribution in [3.8, 4) is 5.75 Å². The van der Waals surface area contributed by atoms with Gasteiger partial charge < -0.3 is 10.1 Å². The number of alkyl halides is 3. The number of nitrogens with zero attached hydrogens (tertiary/aromatic N) is 1. The number of rotatable bonds is 7. The number of benzene rings is 1. The van der Waals surface area contributed by atoms with Gasteiger partial charge in [-0.15, -0.1) is 0 Å². The van der Waals surface area contributed by atoms with Crippen LogP contribution in [-0.2, 0) is 6.42 Å². The van der Waals surface area contributed by atoms with Gasteiger partial charge in [-0.3, -0.25) is 4.90 Å². The van der Waals surface area contributed by atoms with E-state index in [2.05, 4.69) is 22.3 Å². The van der Waals surface area contributed by atoms with Gasteiger partial charge in [-0.05, 0) is 75.4 Å². The van der Waals surface area contributed by atoms with E-state index in [0.29, 0.717) is 12.5 Å². The summed E-state index contributed by atoms with van der Waals surface area (Å²) in [7, 11) is 1.68. The van der Waals surface area contributed by atoms with Gasteiger partial charge >= 0.3 is 6.18 Å². The Morgan fingerprint density at radius 1 is 1.24 bits per heavy atom. The van der Waals surface area contributed by atoms with Crippen LogP contribution in [0.3, 0.4) is 0 Å². The number of halogens is 3. The highest BCUT2D eigenvalue weighted by atomic mass is 19.4. The van der Waals surface area contributed by atoms with Gasteiger partial charge in [0.15, 0.2) is 0 Å². The van der Waals surface area contributed by atoms with E-state index in [1.807, 2.05) is 12.1 Å². The molecular weight excluding hydrogens is 329 g/mol. The molecule has 1 aliphatic heterocycles. The number of hydrogen-bond acceptors (Lipinski definition) is 3. The summed E-state index contributed by atoms with van der Waals surface area (Å²) in [5, 5.41) is 2.56. The van der Waals surface area contributed by atoms with Gasteiger partial charge in [0.05, 0.1) is 13.7 Å². The van der Waals surface area contributed by atoms with Crippen LogP contribution < -0.4 is 10.1 Å². The summed E-state index contributed by atoms with van der Waals surface area (Å²) in [6.45, 7) is 1.56. The van der Waals surface area contributed by atoms with E-state index in [1.165, 1.54) is 18.4 Å². The minimum absolute atomic E-state index is 0.261. The standard InChI is InChI=1S/C19H27F3N2O/c1-25-17-4-2-3-16(11-17)12-18(7-8-18)24-9-5-15(6-10-24)13-23-14-19(20,21)22/h2-4,11,15,23H,5-10,12-14H2,1H3. The Labute approximate surface area is 147 Å². The lowest BCUT2D eigenvalue weighted by molar-refractivity contribution is -0.125. The van der Waals surface area contributed by atoms with E-state index in [4.69, 9.17) is 4.74 Å². The molecule has 0 spiro atoms. The highest BCUT2D eigenvalue weighted by Crippen LogP contribution is 2.46. The maximum Gasteiger partial charge on any atom is 0.401 e. The molecule has 1 aliphatic carbocycles. The Bertz CT molecular complexity index is 564. The van der Waals surface area contributed by atoms with Crippen molar-refractivity contribution >= 4 is 0 Å². The Morgan fingerprint density at radius 3 is 2.56 bits per heavy atom. The van der Waals surface area contributed by atoms with Gasteiger partial charge in [0, 0.05) is 5.54 Å². The van der Waals surface area contributed by atoms with E-state index in [0.717, 1.165) is 38.1 Å². The number of nitrogens with one attached hydrogen (secondary N) is 1. The summed E-state index contributed by atoms with van der Waals surface area (Å²) < 4.78 is 42.0. The maximum absolute atomic E-state index is 12.2. The van der Waals surface area contributed by atoms with Crippen LogP contribution >= 0.6 is 0 Å². The number of methoxy groups -OCH3 is 1. The molecule has 25 heavy (non-hydrogen) atoms. The van der Waals surface area contributed by atoms with E-state index in [-0.39, 0.29) is 5.54 Å². The molecule has 1 N–H and O–H groups in total. The molecule has 0 amide bonds. The summed E-state index contributed by atoms with van der Waals surface area (Å²) in [5.41, 5.74) is 1.56. The second kappa shape index (κ2) is 7.54. The third-order valence-electron chi connectivity index (χ3n) is 5.54. The zero-order chi connectivity index (χ0) is 17.9. The summed E-state index contributed by atoms with van der Waals surface area (Å²) in [6, 6.07) is 8.25. The van der Waals surface area contributed by atoms with E-state index in [1.54, 1.807) is 7.11 Å². The lowest BCUT2D eigenvalue weighted by Gasteiger charge is -2.38. The van der Waals surface area contributed by atoms with Crippen LogP contribution in [-0.4, -0.2) is 49.9 Å². The predicted octanol–water partition coefficient (Wildman–Crippen LogP) is 3.63. The monoisotopic (exact) mass is 356 g/mol. The number of piperidine rings is 1. The molecule has 1 aromatic carbocycles. The molecule has 2 aliphatic rings. The summed E-state index contributed by atoms with van der Waals surface area (Å²) >= 11 is 0. The van der Waals surface area contributed by atoms with Gasteiger partial charge in [-0.2, -0.15) is 13.2 Å². The smallest absolute Gasteiger partial charge is 0.401 e. The molecular formula is C19H27F3N2O. The molecule has 6 heteroatoms. The van der Waals surface area contributed by atoms with Crippen molar-refractivity contribution in [1.29, 1.82) is 0 Å². The SMILES string of the molecule is COc1cccc(CC2(N3CCC(CNCC(F)(F)F)CC3)CC2)c1. The number of ether oxygens (including phenoxy) is 1. The fourth-order valence-electron chi connectivity index (χ4n) is 3.94. The Kier molecular flexibility index (Phi) is 5.58. The number of hydrogen-bond donors (Lipinski definition) is 1. The minimum Gasteiger partial charge on any atom is -0.497 e. The van der Waals surface area contributed by atoms with Crippen molar-refractivity contribution in [3.63, 3.8) is 0 Å². The fraction of sp³-hybridized carbons (Fsp3) is 0.684. The molecule has 0 bridgehead atoms. The van der Waals surface area contributed by atoms with Crippen LogP contribution in [0.5, 0.6) is 5.75 Å². The minimum atomic E-state index is -4.12. The van der Waals surface area contributed by atoms with Crippen LogP contribution in [0.2, 0.25) is 0 Å². The van der Waals surface area contributed by atoms with Gasteiger partial charge in [-0.25, -0.2) is 0 Å². The molecule has 140 valence electrons. The summed E-state index contributed by atoms with van der Waals surface area (Å²) in [4.78, 5) is 2.56. The molecule has 1 saturated heterocycles. The zero-order valence-corrected chi connectivity index (χ0v) is 14.7. The van der Waals surface area contributed by atoms with E-state index < -0.39 is 12.7 Å². The average molecular weight is 356 g/mol. The van der Waals surface area contributed by atoms with Crippen molar-refractivity contribution in [2.24, 2.45) is 5.92 Å². The second-order valence-corrected chi connectivity index (χ2v) is 7.43. The Hall–Kier alpha value is -1.27. The molecule has 2 fully saturated rings. The van der Waals surface area contributed by atoms with Crippen molar-refractivity contribution < 1.29 is 17.9 Å². The molecule has 0 radical (unpaired) electrons. The molecule has 1 saturated carbocycles. The van der Waals surface area contributed by atoms with Crippen LogP contribution in [0.1, 0.15) is 31.2 Å². The molecule has 3 rings (SSSR count). The van der Waals surface area contributed by atoms with Crippen LogP contribution in [0.4, 0.5) is 13.2 Å².